The highest BCUT2D eigenvalue weighted by Crippen LogP contribution is 2.27. The summed E-state index contributed by atoms with van der Waals surface area (Å²) in [6.45, 7) is 1.50. The lowest BCUT2D eigenvalue weighted by Gasteiger charge is -2.18. The number of carboxylic acid groups (broad SMARTS) is 1. The van der Waals surface area contributed by atoms with E-state index in [9.17, 15) is 14.3 Å². The Morgan fingerprint density at radius 2 is 2.03 bits per heavy atom. The highest BCUT2D eigenvalue weighted by Gasteiger charge is 2.19. The van der Waals surface area contributed by atoms with Crippen LogP contribution in [0.3, 0.4) is 0 Å². The minimum Gasteiger partial charge on any atom is -0.493 e. The number of carboxylic acids is 1. The lowest BCUT2D eigenvalue weighted by atomic mass is 10.0. The van der Waals surface area contributed by atoms with Crippen LogP contribution in [0.25, 0.3) is 10.9 Å². The second-order valence-corrected chi connectivity index (χ2v) is 8.82. The molecule has 180 valence electrons. The number of hydrogen-bond donors (Lipinski definition) is 2. The van der Waals surface area contributed by atoms with Gasteiger partial charge in [0.25, 0.3) is 0 Å². The monoisotopic (exact) mass is 474 g/mol. The number of fused-ring (bicyclic) bond motifs is 2. The fourth-order valence-corrected chi connectivity index (χ4v) is 4.54. The van der Waals surface area contributed by atoms with Crippen LogP contribution in [0.2, 0.25) is 0 Å². The largest absolute Gasteiger partial charge is 0.493 e. The van der Waals surface area contributed by atoms with Crippen LogP contribution in [-0.4, -0.2) is 39.0 Å². The van der Waals surface area contributed by atoms with Gasteiger partial charge in [0.1, 0.15) is 11.6 Å². The van der Waals surface area contributed by atoms with E-state index in [-0.39, 0.29) is 12.2 Å². The first-order valence-corrected chi connectivity index (χ1v) is 11.8. The molecule has 0 bridgehead atoms. The summed E-state index contributed by atoms with van der Waals surface area (Å²) in [6.07, 6.45) is 4.88. The molecule has 0 radical (unpaired) electrons. The van der Waals surface area contributed by atoms with Crippen molar-refractivity contribution in [3.63, 3.8) is 0 Å². The number of carbonyl (C=O) groups is 1. The molecular weight excluding hydrogens is 447 g/mol. The first-order valence-electron chi connectivity index (χ1n) is 11.8. The molecule has 1 aliphatic rings. The Kier molecular flexibility index (Phi) is 6.61. The molecule has 1 atom stereocenters. The van der Waals surface area contributed by atoms with E-state index in [1.54, 1.807) is 23.0 Å². The Labute approximate surface area is 202 Å². The summed E-state index contributed by atoms with van der Waals surface area (Å²) >= 11 is 0. The van der Waals surface area contributed by atoms with Crippen LogP contribution in [-0.2, 0) is 24.1 Å². The number of aryl methyl sites for hydroxylation is 1. The zero-order valence-corrected chi connectivity index (χ0v) is 19.3. The van der Waals surface area contributed by atoms with Gasteiger partial charge < -0.3 is 15.2 Å². The predicted molar refractivity (Wildman–Crippen MR) is 131 cm³/mol. The van der Waals surface area contributed by atoms with Gasteiger partial charge in [-0.15, -0.1) is 0 Å². The van der Waals surface area contributed by atoms with Crippen molar-refractivity contribution in [1.82, 2.24) is 14.8 Å². The molecule has 2 N–H and O–H groups in total. The zero-order valence-electron chi connectivity index (χ0n) is 19.3. The summed E-state index contributed by atoms with van der Waals surface area (Å²) in [5.74, 6) is -0.503. The Morgan fingerprint density at radius 1 is 1.17 bits per heavy atom. The van der Waals surface area contributed by atoms with Crippen molar-refractivity contribution in [2.75, 3.05) is 18.5 Å². The molecule has 2 aromatic carbocycles. The highest BCUT2D eigenvalue weighted by molar-refractivity contribution is 5.80. The molecule has 2 aromatic heterocycles. The molecule has 1 aliphatic heterocycles. The summed E-state index contributed by atoms with van der Waals surface area (Å²) in [5.41, 5.74) is 4.95. The maximum atomic E-state index is 13.3. The number of aliphatic carboxylic acids is 1. The molecule has 3 heterocycles. The van der Waals surface area contributed by atoms with Crippen molar-refractivity contribution >= 4 is 22.6 Å². The summed E-state index contributed by atoms with van der Waals surface area (Å²) < 4.78 is 21.0. The molecule has 0 aliphatic carbocycles. The maximum absolute atomic E-state index is 13.3. The third-order valence-corrected chi connectivity index (χ3v) is 6.27. The van der Waals surface area contributed by atoms with Gasteiger partial charge in [0.05, 0.1) is 42.2 Å². The lowest BCUT2D eigenvalue weighted by Crippen LogP contribution is -2.17. The van der Waals surface area contributed by atoms with E-state index in [0.29, 0.717) is 19.4 Å². The van der Waals surface area contributed by atoms with Crippen LogP contribution in [0.4, 0.5) is 10.1 Å². The average Bonchev–Trinajstić information content (AvgIpc) is 3.28. The summed E-state index contributed by atoms with van der Waals surface area (Å²) in [4.78, 5) is 16.3. The molecule has 0 saturated heterocycles. The number of nitrogens with one attached hydrogen (secondary N) is 1. The van der Waals surface area contributed by atoms with Crippen LogP contribution in [0.5, 0.6) is 5.75 Å². The Balaban J connectivity index is 1.27. The van der Waals surface area contributed by atoms with E-state index in [1.807, 2.05) is 24.3 Å². The van der Waals surface area contributed by atoms with Crippen molar-refractivity contribution in [3.05, 3.63) is 83.6 Å². The van der Waals surface area contributed by atoms with Crippen LogP contribution in [0.15, 0.2) is 60.8 Å². The summed E-state index contributed by atoms with van der Waals surface area (Å²) in [7, 11) is 0. The second kappa shape index (κ2) is 10.1. The van der Waals surface area contributed by atoms with Crippen molar-refractivity contribution in [2.45, 2.75) is 38.1 Å². The molecule has 0 fully saturated rings. The van der Waals surface area contributed by atoms with Crippen LogP contribution in [0.1, 0.15) is 35.8 Å². The SMILES string of the molecule is O=C(O)CC(Cc1ccc(F)cc1)n1ncc2cc(OCCc3ccc4c(n3)CCCN4)ccc21. The third kappa shape index (κ3) is 5.42. The standard InChI is InChI=1S/C27H27FN4O3/c28-20-5-3-18(4-6-20)14-22(16-27(33)34)32-26-10-8-23(15-19(26)17-30-32)35-13-11-21-7-9-24-25(31-21)2-1-12-29-24/h3-10,15,17,22,29H,1-2,11-14,16H2,(H,33,34). The summed E-state index contributed by atoms with van der Waals surface area (Å²) in [6, 6.07) is 15.5. The average molecular weight is 475 g/mol. The number of anilines is 1. The maximum Gasteiger partial charge on any atom is 0.305 e. The van der Waals surface area contributed by atoms with E-state index >= 15 is 0 Å². The van der Waals surface area contributed by atoms with E-state index in [0.717, 1.165) is 58.7 Å². The molecule has 1 unspecified atom stereocenters. The third-order valence-electron chi connectivity index (χ3n) is 6.27. The fraction of sp³-hybridized carbons (Fsp3) is 0.296. The number of aromatic nitrogens is 3. The molecule has 8 heteroatoms. The topological polar surface area (TPSA) is 89.3 Å². The highest BCUT2D eigenvalue weighted by atomic mass is 19.1. The van der Waals surface area contributed by atoms with Gasteiger partial charge in [0, 0.05) is 24.0 Å². The molecular formula is C27H27FN4O3. The molecule has 7 nitrogen and oxygen atoms in total. The number of benzene rings is 2. The predicted octanol–water partition coefficient (Wildman–Crippen LogP) is 4.81. The van der Waals surface area contributed by atoms with Crippen molar-refractivity contribution in [3.8, 4) is 5.75 Å². The van der Waals surface area contributed by atoms with Crippen molar-refractivity contribution in [2.24, 2.45) is 0 Å². The van der Waals surface area contributed by atoms with Gasteiger partial charge in [0.15, 0.2) is 0 Å². The van der Waals surface area contributed by atoms with Crippen LogP contribution < -0.4 is 10.1 Å². The van der Waals surface area contributed by atoms with E-state index in [2.05, 4.69) is 16.5 Å². The summed E-state index contributed by atoms with van der Waals surface area (Å²) in [5, 5.41) is 18.2. The van der Waals surface area contributed by atoms with Gasteiger partial charge >= 0.3 is 5.97 Å². The van der Waals surface area contributed by atoms with Gasteiger partial charge in [-0.3, -0.25) is 14.5 Å². The first kappa shape index (κ1) is 22.8. The molecule has 35 heavy (non-hydrogen) atoms. The van der Waals surface area contributed by atoms with Crippen molar-refractivity contribution < 1.29 is 19.0 Å². The molecule has 5 rings (SSSR count). The lowest BCUT2D eigenvalue weighted by molar-refractivity contribution is -0.137. The Morgan fingerprint density at radius 3 is 2.86 bits per heavy atom. The number of ether oxygens (including phenoxy) is 1. The Bertz CT molecular complexity index is 1340. The van der Waals surface area contributed by atoms with Gasteiger partial charge in [0.2, 0.25) is 0 Å². The molecule has 0 spiro atoms. The van der Waals surface area contributed by atoms with Gasteiger partial charge in [-0.05, 0) is 67.3 Å². The van der Waals surface area contributed by atoms with Gasteiger partial charge in [-0.2, -0.15) is 5.10 Å². The van der Waals surface area contributed by atoms with E-state index < -0.39 is 12.0 Å². The second-order valence-electron chi connectivity index (χ2n) is 8.82. The fourth-order valence-electron chi connectivity index (χ4n) is 4.54. The quantitative estimate of drug-likeness (QED) is 0.362. The molecule has 4 aromatic rings. The normalized spacial score (nSPS) is 13.7. The number of hydrogen-bond acceptors (Lipinski definition) is 5. The van der Waals surface area contributed by atoms with Gasteiger partial charge in [-0.25, -0.2) is 4.39 Å². The minimum absolute atomic E-state index is 0.0876. The first-order chi connectivity index (χ1) is 17.0. The van der Waals surface area contributed by atoms with Crippen molar-refractivity contribution in [1.29, 1.82) is 0 Å². The van der Waals surface area contributed by atoms with E-state index in [4.69, 9.17) is 9.72 Å². The number of nitrogens with zero attached hydrogens (tertiary/aromatic N) is 3. The molecule has 0 amide bonds. The number of halogens is 1. The molecule has 0 saturated carbocycles. The number of pyridine rings is 1. The van der Waals surface area contributed by atoms with Gasteiger partial charge in [-0.1, -0.05) is 12.1 Å². The smallest absolute Gasteiger partial charge is 0.305 e. The zero-order chi connectivity index (χ0) is 24.2. The minimum atomic E-state index is -0.910. The Hall–Kier alpha value is -3.94. The number of rotatable bonds is 9. The van der Waals surface area contributed by atoms with E-state index in [1.165, 1.54) is 12.1 Å². The van der Waals surface area contributed by atoms with Crippen LogP contribution in [0, 0.1) is 5.82 Å². The van der Waals surface area contributed by atoms with Crippen LogP contribution >= 0.6 is 0 Å².